The van der Waals surface area contributed by atoms with Crippen molar-refractivity contribution in [2.75, 3.05) is 13.1 Å². The van der Waals surface area contributed by atoms with Crippen LogP contribution in [0.2, 0.25) is 0 Å². The molecule has 0 saturated heterocycles. The SMILES string of the molecule is Cc1c(F)cc(C(=O)NC2CC2)cc1-c1ccc(C(=O)NCC(C)(C)C)cc1C(=O)NCCc1ccc(S(N)(=O)=O)cc1. The van der Waals surface area contributed by atoms with Crippen molar-refractivity contribution in [2.24, 2.45) is 10.6 Å². The summed E-state index contributed by atoms with van der Waals surface area (Å²) < 4.78 is 38.1. The van der Waals surface area contributed by atoms with Gasteiger partial charge in [-0.3, -0.25) is 14.4 Å². The first kappa shape index (κ1) is 31.8. The lowest BCUT2D eigenvalue weighted by Gasteiger charge is -2.19. The van der Waals surface area contributed by atoms with E-state index in [2.05, 4.69) is 16.0 Å². The summed E-state index contributed by atoms with van der Waals surface area (Å²) in [5, 5.41) is 13.7. The van der Waals surface area contributed by atoms with Crippen LogP contribution in [0.1, 0.15) is 75.8 Å². The number of benzene rings is 3. The number of nitrogens with one attached hydrogen (secondary N) is 3. The minimum absolute atomic E-state index is 0.0119. The van der Waals surface area contributed by atoms with E-state index < -0.39 is 21.7 Å². The molecule has 1 aliphatic rings. The van der Waals surface area contributed by atoms with Gasteiger partial charge in [-0.1, -0.05) is 39.0 Å². The lowest BCUT2D eigenvalue weighted by atomic mass is 9.91. The van der Waals surface area contributed by atoms with Gasteiger partial charge in [0.1, 0.15) is 5.82 Å². The Morgan fingerprint density at radius 2 is 1.56 bits per heavy atom. The van der Waals surface area contributed by atoms with E-state index in [0.717, 1.165) is 18.4 Å². The molecule has 3 amide bonds. The second-order valence-electron chi connectivity index (χ2n) is 12.1. The van der Waals surface area contributed by atoms with Gasteiger partial charge in [0.05, 0.1) is 4.90 Å². The van der Waals surface area contributed by atoms with Crippen molar-refractivity contribution in [3.63, 3.8) is 0 Å². The largest absolute Gasteiger partial charge is 0.352 e. The summed E-state index contributed by atoms with van der Waals surface area (Å²) in [7, 11) is -3.82. The van der Waals surface area contributed by atoms with Crippen molar-refractivity contribution in [3.8, 4) is 11.1 Å². The molecule has 0 bridgehead atoms. The number of nitrogens with two attached hydrogens (primary N) is 1. The molecule has 1 fully saturated rings. The van der Waals surface area contributed by atoms with Crippen LogP contribution < -0.4 is 21.1 Å². The first-order valence-electron chi connectivity index (χ1n) is 14.1. The fourth-order valence-corrected chi connectivity index (χ4v) is 4.92. The van der Waals surface area contributed by atoms with Crippen LogP contribution in [-0.4, -0.2) is 45.3 Å². The number of hydrogen-bond acceptors (Lipinski definition) is 5. The number of carbonyl (C=O) groups is 3. The summed E-state index contributed by atoms with van der Waals surface area (Å²) in [6, 6.07) is 13.5. The molecule has 1 saturated carbocycles. The Hall–Kier alpha value is -4.09. The lowest BCUT2D eigenvalue weighted by molar-refractivity contribution is 0.0935. The predicted octanol–water partition coefficient (Wildman–Crippen LogP) is 4.09. The van der Waals surface area contributed by atoms with E-state index in [1.807, 2.05) is 20.8 Å². The molecular weight excluding hydrogens is 571 g/mol. The van der Waals surface area contributed by atoms with Gasteiger partial charge in [0, 0.05) is 35.8 Å². The Balaban J connectivity index is 1.64. The molecule has 0 spiro atoms. The van der Waals surface area contributed by atoms with Crippen LogP contribution in [0.4, 0.5) is 4.39 Å². The highest BCUT2D eigenvalue weighted by Crippen LogP contribution is 2.31. The van der Waals surface area contributed by atoms with Crippen LogP contribution in [-0.2, 0) is 16.4 Å². The van der Waals surface area contributed by atoms with E-state index >= 15 is 4.39 Å². The summed E-state index contributed by atoms with van der Waals surface area (Å²) in [6.07, 6.45) is 2.15. The van der Waals surface area contributed by atoms with Crippen molar-refractivity contribution in [3.05, 3.63) is 88.2 Å². The van der Waals surface area contributed by atoms with Crippen molar-refractivity contribution in [2.45, 2.75) is 57.9 Å². The van der Waals surface area contributed by atoms with Gasteiger partial charge in [-0.15, -0.1) is 0 Å². The molecule has 5 N–H and O–H groups in total. The monoisotopic (exact) mass is 608 g/mol. The van der Waals surface area contributed by atoms with Gasteiger partial charge >= 0.3 is 0 Å². The van der Waals surface area contributed by atoms with E-state index in [1.165, 1.54) is 24.3 Å². The van der Waals surface area contributed by atoms with Crippen LogP contribution in [0.25, 0.3) is 11.1 Å². The molecular formula is C32H37FN4O5S. The van der Waals surface area contributed by atoms with Crippen LogP contribution in [0.3, 0.4) is 0 Å². The Kier molecular flexibility index (Phi) is 9.36. The zero-order chi connectivity index (χ0) is 31.5. The summed E-state index contributed by atoms with van der Waals surface area (Å²) >= 11 is 0. The van der Waals surface area contributed by atoms with Crippen molar-refractivity contribution < 1.29 is 27.2 Å². The van der Waals surface area contributed by atoms with Gasteiger partial charge in [0.25, 0.3) is 17.7 Å². The standard InChI is InChI=1S/C32H37FN4O5S/c1-19-26(16-22(17-28(19)33)30(39)37-23-8-9-23)25-12-7-21(29(38)36-18-32(2,3)4)15-27(25)31(40)35-14-13-20-5-10-24(11-6-20)43(34,41)42/h5-7,10-12,15-17,23H,8-9,13-14,18H2,1-4H3,(H,35,40)(H,36,38)(H,37,39)(H2,34,41,42). The smallest absolute Gasteiger partial charge is 0.251 e. The molecule has 0 aliphatic heterocycles. The van der Waals surface area contributed by atoms with Crippen molar-refractivity contribution in [1.82, 2.24) is 16.0 Å². The summed E-state index contributed by atoms with van der Waals surface area (Å²) in [5.74, 6) is -1.82. The van der Waals surface area contributed by atoms with Gasteiger partial charge < -0.3 is 16.0 Å². The number of halogens is 1. The number of hydrogen-bond donors (Lipinski definition) is 4. The van der Waals surface area contributed by atoms with Crippen LogP contribution in [0, 0.1) is 18.2 Å². The molecule has 11 heteroatoms. The third-order valence-corrected chi connectivity index (χ3v) is 8.00. The summed E-state index contributed by atoms with van der Waals surface area (Å²) in [6.45, 7) is 8.15. The van der Waals surface area contributed by atoms with Gasteiger partial charge in [-0.2, -0.15) is 0 Å². The van der Waals surface area contributed by atoms with Gasteiger partial charge in [0.15, 0.2) is 0 Å². The Morgan fingerprint density at radius 3 is 2.16 bits per heavy atom. The van der Waals surface area contributed by atoms with E-state index in [4.69, 9.17) is 5.14 Å². The maximum Gasteiger partial charge on any atom is 0.251 e. The maximum atomic E-state index is 15.1. The van der Waals surface area contributed by atoms with E-state index in [0.29, 0.717) is 24.1 Å². The molecule has 9 nitrogen and oxygen atoms in total. The average molecular weight is 609 g/mol. The molecule has 0 atom stereocenters. The van der Waals surface area contributed by atoms with Crippen LogP contribution in [0.15, 0.2) is 59.5 Å². The highest BCUT2D eigenvalue weighted by Gasteiger charge is 2.26. The van der Waals surface area contributed by atoms with E-state index in [1.54, 1.807) is 37.3 Å². The molecule has 3 aromatic carbocycles. The lowest BCUT2D eigenvalue weighted by Crippen LogP contribution is -2.32. The highest BCUT2D eigenvalue weighted by molar-refractivity contribution is 7.89. The normalized spacial score (nSPS) is 13.3. The minimum atomic E-state index is -3.82. The molecule has 228 valence electrons. The average Bonchev–Trinajstić information content (AvgIpc) is 3.76. The molecule has 0 aromatic heterocycles. The first-order valence-corrected chi connectivity index (χ1v) is 15.6. The van der Waals surface area contributed by atoms with Gasteiger partial charge in [0.2, 0.25) is 10.0 Å². The van der Waals surface area contributed by atoms with Gasteiger partial charge in [-0.25, -0.2) is 17.9 Å². The van der Waals surface area contributed by atoms with E-state index in [9.17, 15) is 22.8 Å². The van der Waals surface area contributed by atoms with Crippen molar-refractivity contribution in [1.29, 1.82) is 0 Å². The summed E-state index contributed by atoms with van der Waals surface area (Å²) in [5.41, 5.74) is 2.18. The fraction of sp³-hybridized carbons (Fsp3) is 0.344. The number of primary sulfonamides is 1. The molecule has 0 radical (unpaired) electrons. The predicted molar refractivity (Wildman–Crippen MR) is 163 cm³/mol. The van der Waals surface area contributed by atoms with E-state index in [-0.39, 0.29) is 57.0 Å². The Labute approximate surface area is 251 Å². The number of rotatable bonds is 10. The second kappa shape index (κ2) is 12.6. The molecule has 0 heterocycles. The quantitative estimate of drug-likeness (QED) is 0.274. The highest BCUT2D eigenvalue weighted by atomic mass is 32.2. The maximum absolute atomic E-state index is 15.1. The first-order chi connectivity index (χ1) is 20.1. The van der Waals surface area contributed by atoms with Crippen LogP contribution >= 0.6 is 0 Å². The fourth-order valence-electron chi connectivity index (χ4n) is 4.40. The molecule has 4 rings (SSSR count). The number of carbonyl (C=O) groups excluding carboxylic acids is 3. The Bertz CT molecular complexity index is 1660. The van der Waals surface area contributed by atoms with Crippen LogP contribution in [0.5, 0.6) is 0 Å². The molecule has 1 aliphatic carbocycles. The number of amides is 3. The molecule has 3 aromatic rings. The molecule has 0 unspecified atom stereocenters. The second-order valence-corrected chi connectivity index (χ2v) is 13.6. The number of sulfonamides is 1. The third-order valence-electron chi connectivity index (χ3n) is 7.07. The van der Waals surface area contributed by atoms with Crippen molar-refractivity contribution >= 4 is 27.7 Å². The molecule has 43 heavy (non-hydrogen) atoms. The summed E-state index contributed by atoms with van der Waals surface area (Å²) in [4.78, 5) is 39.3. The van der Waals surface area contributed by atoms with Gasteiger partial charge in [-0.05, 0) is 90.3 Å². The zero-order valence-electron chi connectivity index (χ0n) is 24.7. The zero-order valence-corrected chi connectivity index (χ0v) is 25.5. The Morgan fingerprint density at radius 1 is 0.884 bits per heavy atom. The minimum Gasteiger partial charge on any atom is -0.352 e. The third kappa shape index (κ3) is 8.48. The topological polar surface area (TPSA) is 147 Å².